The highest BCUT2D eigenvalue weighted by Gasteiger charge is 2.46. The number of rotatable bonds is 6. The summed E-state index contributed by atoms with van der Waals surface area (Å²) in [6, 6.07) is 0. The van der Waals surface area contributed by atoms with Gasteiger partial charge in [0, 0.05) is 21.3 Å². The minimum absolute atomic E-state index is 0.00613. The van der Waals surface area contributed by atoms with Crippen LogP contribution in [0.5, 0.6) is 0 Å². The maximum atomic E-state index is 11.4. The molecule has 0 aromatic heterocycles. The summed E-state index contributed by atoms with van der Waals surface area (Å²) in [7, 11) is 1.68. The van der Waals surface area contributed by atoms with E-state index in [2.05, 4.69) is 16.6 Å². The van der Waals surface area contributed by atoms with Crippen LogP contribution >= 0.6 is 0 Å². The molecule has 1 rings (SSSR count). The van der Waals surface area contributed by atoms with Gasteiger partial charge in [-0.05, 0) is 6.42 Å². The number of carbonyl (C=O) groups excluding carboxylic acids is 2. The molecule has 6 nitrogen and oxygen atoms in total. The molecule has 1 saturated heterocycles. The molecule has 0 saturated carbocycles. The summed E-state index contributed by atoms with van der Waals surface area (Å²) in [4.78, 5) is 22.4. The van der Waals surface area contributed by atoms with E-state index in [9.17, 15) is 9.59 Å². The van der Waals surface area contributed by atoms with Crippen molar-refractivity contribution in [1.82, 2.24) is 0 Å². The average Bonchev–Trinajstić information content (AvgIpc) is 2.76. The summed E-state index contributed by atoms with van der Waals surface area (Å²) in [5, 5.41) is 0. The Hall–Kier alpha value is -1.20. The quantitative estimate of drug-likeness (QED) is 0.317. The molecule has 20 heavy (non-hydrogen) atoms. The van der Waals surface area contributed by atoms with Crippen molar-refractivity contribution < 1.29 is 27.6 Å². The highest BCUT2D eigenvalue weighted by atomic mass is 28.4. The first-order chi connectivity index (χ1) is 9.52. The Labute approximate surface area is 120 Å². The van der Waals surface area contributed by atoms with Crippen LogP contribution < -0.4 is 0 Å². The maximum absolute atomic E-state index is 11.4. The van der Waals surface area contributed by atoms with Crippen LogP contribution in [0, 0.1) is 17.8 Å². The Bertz CT molecular complexity index is 412. The zero-order chi connectivity index (χ0) is 15.2. The Morgan fingerprint density at radius 3 is 2.30 bits per heavy atom. The van der Waals surface area contributed by atoms with Crippen molar-refractivity contribution in [3.05, 3.63) is 0 Å². The fraction of sp³-hybridized carbons (Fsp3) is 0.692. The third-order valence-electron chi connectivity index (χ3n) is 3.16. The lowest BCUT2D eigenvalue weighted by Crippen LogP contribution is -2.47. The van der Waals surface area contributed by atoms with Crippen molar-refractivity contribution in [2.24, 2.45) is 5.92 Å². The Morgan fingerprint density at radius 1 is 1.30 bits per heavy atom. The van der Waals surface area contributed by atoms with Crippen LogP contribution in [0.2, 0.25) is 5.54 Å². The van der Waals surface area contributed by atoms with Crippen molar-refractivity contribution in [2.45, 2.75) is 31.7 Å². The highest BCUT2D eigenvalue weighted by molar-refractivity contribution is 6.63. The molecule has 7 heteroatoms. The van der Waals surface area contributed by atoms with Gasteiger partial charge >= 0.3 is 20.7 Å². The second-order valence-electron chi connectivity index (χ2n) is 4.40. The molecule has 2 atom stereocenters. The molecule has 1 heterocycles. The second kappa shape index (κ2) is 7.55. The number of ether oxygens (including phenoxy) is 1. The molecule has 0 radical (unpaired) electrons. The van der Waals surface area contributed by atoms with Crippen LogP contribution in [0.1, 0.15) is 26.2 Å². The number of hydrogen-bond acceptors (Lipinski definition) is 6. The zero-order valence-electron chi connectivity index (χ0n) is 12.2. The zero-order valence-corrected chi connectivity index (χ0v) is 13.2. The van der Waals surface area contributed by atoms with Crippen LogP contribution in [-0.4, -0.2) is 42.1 Å². The van der Waals surface area contributed by atoms with E-state index in [1.54, 1.807) is 0 Å². The molecule has 0 amide bonds. The number of esters is 2. The third kappa shape index (κ3) is 3.67. The topological polar surface area (TPSA) is 71.1 Å². The van der Waals surface area contributed by atoms with E-state index < -0.39 is 26.7 Å². The monoisotopic (exact) mass is 300 g/mol. The Balaban J connectivity index is 2.92. The molecular formula is C13H20O6Si. The summed E-state index contributed by atoms with van der Waals surface area (Å²) in [5.41, 5.74) is -0.240. The molecule has 1 aliphatic rings. The minimum atomic E-state index is -2.89. The summed E-state index contributed by atoms with van der Waals surface area (Å²) in [5.74, 6) is 3.98. The van der Waals surface area contributed by atoms with Crippen molar-refractivity contribution in [3.8, 4) is 11.8 Å². The van der Waals surface area contributed by atoms with Gasteiger partial charge in [-0.25, -0.2) is 0 Å². The lowest BCUT2D eigenvalue weighted by atomic mass is 10.1. The average molecular weight is 300 g/mol. The van der Waals surface area contributed by atoms with E-state index in [4.69, 9.17) is 13.3 Å². The van der Waals surface area contributed by atoms with Crippen molar-refractivity contribution >= 4 is 20.7 Å². The molecule has 2 unspecified atom stereocenters. The van der Waals surface area contributed by atoms with Crippen LogP contribution in [-0.2, 0) is 27.6 Å². The third-order valence-corrected chi connectivity index (χ3v) is 6.15. The highest BCUT2D eigenvalue weighted by Crippen LogP contribution is 2.28. The largest absolute Gasteiger partial charge is 0.515 e. The standard InChI is InChI=1S/C13H20O6Si/c1-5-6-11(20(16-2,17-3)18-4)8-7-10-9-12(14)19-13(10)15/h10-11H,5-6,9H2,1-4H3. The van der Waals surface area contributed by atoms with Gasteiger partial charge < -0.3 is 18.0 Å². The molecule has 0 aliphatic carbocycles. The Kier molecular flexibility index (Phi) is 6.36. The van der Waals surface area contributed by atoms with Gasteiger partial charge in [0.25, 0.3) is 0 Å². The van der Waals surface area contributed by atoms with Crippen LogP contribution in [0.3, 0.4) is 0 Å². The van der Waals surface area contributed by atoms with Gasteiger partial charge in [-0.2, -0.15) is 0 Å². The lowest BCUT2D eigenvalue weighted by Gasteiger charge is -2.29. The first-order valence-corrected chi connectivity index (χ1v) is 8.24. The van der Waals surface area contributed by atoms with Gasteiger partial charge in [0.2, 0.25) is 0 Å². The first-order valence-electron chi connectivity index (χ1n) is 6.44. The molecule has 0 N–H and O–H groups in total. The van der Waals surface area contributed by atoms with E-state index in [0.717, 1.165) is 12.8 Å². The van der Waals surface area contributed by atoms with E-state index in [1.165, 1.54) is 21.3 Å². The second-order valence-corrected chi connectivity index (χ2v) is 7.52. The number of carbonyl (C=O) groups is 2. The SMILES string of the molecule is CCCC(C#CC1CC(=O)OC1=O)[Si](OC)(OC)OC. The number of hydrogen-bond donors (Lipinski definition) is 0. The number of cyclic esters (lactones) is 2. The normalized spacial score (nSPS) is 20.3. The minimum Gasteiger partial charge on any atom is -0.392 e. The van der Waals surface area contributed by atoms with E-state index >= 15 is 0 Å². The van der Waals surface area contributed by atoms with E-state index in [1.807, 2.05) is 6.92 Å². The van der Waals surface area contributed by atoms with Crippen LogP contribution in [0.15, 0.2) is 0 Å². The lowest BCUT2D eigenvalue weighted by molar-refractivity contribution is -0.152. The molecule has 0 bridgehead atoms. The van der Waals surface area contributed by atoms with Gasteiger partial charge in [0.05, 0.1) is 12.0 Å². The molecule has 1 aliphatic heterocycles. The van der Waals surface area contributed by atoms with E-state index in [0.29, 0.717) is 0 Å². The predicted molar refractivity (Wildman–Crippen MR) is 72.4 cm³/mol. The molecule has 1 fully saturated rings. The fourth-order valence-corrected chi connectivity index (χ4v) is 4.34. The summed E-state index contributed by atoms with van der Waals surface area (Å²) in [6.45, 7) is 2.02. The molecule has 0 spiro atoms. The smallest absolute Gasteiger partial charge is 0.392 e. The van der Waals surface area contributed by atoms with Gasteiger partial charge in [0.1, 0.15) is 5.92 Å². The van der Waals surface area contributed by atoms with Crippen molar-refractivity contribution in [1.29, 1.82) is 0 Å². The molecular weight excluding hydrogens is 280 g/mol. The van der Waals surface area contributed by atoms with Crippen molar-refractivity contribution in [3.63, 3.8) is 0 Å². The molecule has 0 aromatic rings. The van der Waals surface area contributed by atoms with Crippen LogP contribution in [0.25, 0.3) is 0 Å². The van der Waals surface area contributed by atoms with Crippen molar-refractivity contribution in [2.75, 3.05) is 21.3 Å². The Morgan fingerprint density at radius 2 is 1.90 bits per heavy atom. The van der Waals surface area contributed by atoms with E-state index in [-0.39, 0.29) is 12.0 Å². The van der Waals surface area contributed by atoms with Gasteiger partial charge in [0.15, 0.2) is 0 Å². The summed E-state index contributed by atoms with van der Waals surface area (Å²) >= 11 is 0. The molecule has 112 valence electrons. The first kappa shape index (κ1) is 16.9. The van der Waals surface area contributed by atoms with Gasteiger partial charge in [-0.3, -0.25) is 9.59 Å². The summed E-state index contributed by atoms with van der Waals surface area (Å²) < 4.78 is 20.7. The maximum Gasteiger partial charge on any atom is 0.515 e. The van der Waals surface area contributed by atoms with Gasteiger partial charge in [-0.15, -0.1) is 0 Å². The predicted octanol–water partition coefficient (Wildman–Crippen LogP) is 1.13. The summed E-state index contributed by atoms with van der Waals surface area (Å²) in [6.07, 6.45) is 1.61. The van der Waals surface area contributed by atoms with Crippen LogP contribution in [0.4, 0.5) is 0 Å². The molecule has 0 aromatic carbocycles. The fourth-order valence-electron chi connectivity index (χ4n) is 2.09. The van der Waals surface area contributed by atoms with Gasteiger partial charge in [-0.1, -0.05) is 25.2 Å².